The number of carbonyl (C=O) groups is 2. The molecule has 3 aliphatic carbocycles. The zero-order valence-electron chi connectivity index (χ0n) is 16.3. The molecule has 0 unspecified atom stereocenters. The number of amides is 2. The molecule has 1 heterocycles. The molecule has 1 aromatic carbocycles. The van der Waals surface area contributed by atoms with Gasteiger partial charge in [-0.3, -0.25) is 14.4 Å². The van der Waals surface area contributed by atoms with Crippen LogP contribution in [0.3, 0.4) is 0 Å². The molecule has 9 heteroatoms. The Morgan fingerprint density at radius 1 is 1.17 bits per heavy atom. The SMILES string of the molecule is CCn1ccc(C(=O)NC23CC(NC(=O)COc4ccc(Cl)c(F)c4)(C2)C3)cc1=O. The molecule has 30 heavy (non-hydrogen) atoms. The van der Waals surface area contributed by atoms with Crippen LogP contribution in [0.2, 0.25) is 5.02 Å². The summed E-state index contributed by atoms with van der Waals surface area (Å²) >= 11 is 5.62. The van der Waals surface area contributed by atoms with Crippen LogP contribution in [0.5, 0.6) is 5.75 Å². The molecule has 5 rings (SSSR count). The molecule has 3 saturated carbocycles. The third kappa shape index (κ3) is 3.79. The fraction of sp³-hybridized carbons (Fsp3) is 0.381. The number of halogens is 2. The Labute approximate surface area is 177 Å². The van der Waals surface area contributed by atoms with Gasteiger partial charge in [-0.25, -0.2) is 4.39 Å². The molecule has 158 valence electrons. The summed E-state index contributed by atoms with van der Waals surface area (Å²) in [4.78, 5) is 36.5. The maximum atomic E-state index is 13.4. The Balaban J connectivity index is 1.25. The number of carbonyl (C=O) groups excluding carboxylic acids is 2. The fourth-order valence-electron chi connectivity index (χ4n) is 4.32. The lowest BCUT2D eigenvalue weighted by Crippen LogP contribution is -2.84. The number of hydrogen-bond acceptors (Lipinski definition) is 4. The molecule has 2 bridgehead atoms. The largest absolute Gasteiger partial charge is 0.484 e. The van der Waals surface area contributed by atoms with Gasteiger partial charge in [0, 0.05) is 41.5 Å². The zero-order chi connectivity index (χ0) is 21.5. The summed E-state index contributed by atoms with van der Waals surface area (Å²) in [5.41, 5.74) is -0.572. The van der Waals surface area contributed by atoms with Crippen LogP contribution in [0.25, 0.3) is 0 Å². The van der Waals surface area contributed by atoms with Gasteiger partial charge in [0.2, 0.25) is 0 Å². The highest BCUT2D eigenvalue weighted by molar-refractivity contribution is 6.30. The van der Waals surface area contributed by atoms with Gasteiger partial charge in [0.25, 0.3) is 17.4 Å². The highest BCUT2D eigenvalue weighted by atomic mass is 35.5. The number of nitrogens with zero attached hydrogens (tertiary/aromatic N) is 1. The minimum absolute atomic E-state index is 0.0143. The molecule has 0 spiro atoms. The summed E-state index contributed by atoms with van der Waals surface area (Å²) < 4.78 is 20.2. The van der Waals surface area contributed by atoms with E-state index in [0.29, 0.717) is 31.4 Å². The van der Waals surface area contributed by atoms with Gasteiger partial charge >= 0.3 is 0 Å². The summed E-state index contributed by atoms with van der Waals surface area (Å²) in [6.45, 7) is 2.16. The third-order valence-corrected chi connectivity index (χ3v) is 5.98. The molecule has 2 N–H and O–H groups in total. The first kappa shape index (κ1) is 20.4. The molecule has 0 saturated heterocycles. The van der Waals surface area contributed by atoms with Gasteiger partial charge in [-0.2, -0.15) is 0 Å². The molecule has 3 aliphatic rings. The summed E-state index contributed by atoms with van der Waals surface area (Å²) in [6.07, 6.45) is 3.48. The zero-order valence-corrected chi connectivity index (χ0v) is 17.1. The molecule has 0 atom stereocenters. The van der Waals surface area contributed by atoms with Crippen LogP contribution in [-0.2, 0) is 11.3 Å². The summed E-state index contributed by atoms with van der Waals surface area (Å²) in [7, 11) is 0. The van der Waals surface area contributed by atoms with E-state index < -0.39 is 5.82 Å². The standard InChI is InChI=1S/C21H21ClFN3O4/c1-2-26-6-5-13(7-18(26)28)19(29)25-21-10-20(11-21,12-21)24-17(27)9-30-14-3-4-15(22)16(23)8-14/h3-8H,2,9-12H2,1H3,(H,24,27)(H,25,29). The highest BCUT2D eigenvalue weighted by Gasteiger charge is 2.69. The Kier molecular flexibility index (Phi) is 5.05. The van der Waals surface area contributed by atoms with Gasteiger partial charge in [-0.15, -0.1) is 0 Å². The number of pyridine rings is 1. The van der Waals surface area contributed by atoms with Crippen LogP contribution in [0.15, 0.2) is 41.3 Å². The van der Waals surface area contributed by atoms with Gasteiger partial charge in [0.15, 0.2) is 6.61 Å². The van der Waals surface area contributed by atoms with E-state index in [4.69, 9.17) is 16.3 Å². The number of benzene rings is 1. The number of ether oxygens (including phenoxy) is 1. The Morgan fingerprint density at radius 2 is 1.87 bits per heavy atom. The predicted octanol–water partition coefficient (Wildman–Crippen LogP) is 2.26. The second kappa shape index (κ2) is 7.43. The summed E-state index contributed by atoms with van der Waals surface area (Å²) in [6, 6.07) is 6.93. The maximum Gasteiger partial charge on any atom is 0.258 e. The monoisotopic (exact) mass is 433 g/mol. The van der Waals surface area contributed by atoms with Crippen molar-refractivity contribution in [3.63, 3.8) is 0 Å². The average Bonchev–Trinajstić information content (AvgIpc) is 2.66. The van der Waals surface area contributed by atoms with Crippen molar-refractivity contribution in [3.05, 3.63) is 63.3 Å². The molecule has 3 fully saturated rings. The summed E-state index contributed by atoms with van der Waals surface area (Å²) in [5, 5.41) is 5.90. The second-order valence-electron chi connectivity index (χ2n) is 8.00. The summed E-state index contributed by atoms with van der Waals surface area (Å²) in [5.74, 6) is -0.992. The normalized spacial score (nSPS) is 23.7. The van der Waals surface area contributed by atoms with Gasteiger partial charge in [0.05, 0.1) is 5.02 Å². The van der Waals surface area contributed by atoms with Crippen molar-refractivity contribution in [1.82, 2.24) is 15.2 Å². The van der Waals surface area contributed by atoms with Crippen molar-refractivity contribution < 1.29 is 18.7 Å². The van der Waals surface area contributed by atoms with E-state index in [2.05, 4.69) is 10.6 Å². The predicted molar refractivity (Wildman–Crippen MR) is 108 cm³/mol. The molecule has 2 amide bonds. The second-order valence-corrected chi connectivity index (χ2v) is 8.40. The smallest absolute Gasteiger partial charge is 0.258 e. The van der Waals surface area contributed by atoms with Crippen LogP contribution in [0.4, 0.5) is 4.39 Å². The van der Waals surface area contributed by atoms with Crippen LogP contribution >= 0.6 is 11.6 Å². The number of hydrogen-bond donors (Lipinski definition) is 2. The maximum absolute atomic E-state index is 13.4. The fourth-order valence-corrected chi connectivity index (χ4v) is 4.44. The van der Waals surface area contributed by atoms with E-state index in [1.807, 2.05) is 6.92 Å². The lowest BCUT2D eigenvalue weighted by Gasteiger charge is -2.70. The first-order valence-electron chi connectivity index (χ1n) is 9.65. The Morgan fingerprint density at radius 3 is 2.50 bits per heavy atom. The minimum Gasteiger partial charge on any atom is -0.484 e. The van der Waals surface area contributed by atoms with Crippen LogP contribution < -0.4 is 20.9 Å². The highest BCUT2D eigenvalue weighted by Crippen LogP contribution is 2.60. The van der Waals surface area contributed by atoms with Crippen molar-refractivity contribution in [3.8, 4) is 5.75 Å². The third-order valence-electron chi connectivity index (χ3n) is 5.67. The first-order valence-corrected chi connectivity index (χ1v) is 10.0. The van der Waals surface area contributed by atoms with E-state index >= 15 is 0 Å². The van der Waals surface area contributed by atoms with Crippen molar-refractivity contribution in [2.24, 2.45) is 0 Å². The minimum atomic E-state index is -0.612. The molecule has 7 nitrogen and oxygen atoms in total. The van der Waals surface area contributed by atoms with Crippen LogP contribution in [-0.4, -0.2) is 34.1 Å². The lowest BCUT2D eigenvalue weighted by atomic mass is 9.44. The van der Waals surface area contributed by atoms with E-state index in [0.717, 1.165) is 6.07 Å². The molecular formula is C21H21ClFN3O4. The Bertz CT molecular complexity index is 1060. The molecular weight excluding hydrogens is 413 g/mol. The van der Waals surface area contributed by atoms with Gasteiger partial charge in [-0.05, 0) is 44.4 Å². The lowest BCUT2D eigenvalue weighted by molar-refractivity contribution is -0.141. The number of rotatable bonds is 7. The number of aryl methyl sites for hydroxylation is 1. The van der Waals surface area contributed by atoms with Crippen molar-refractivity contribution >= 4 is 23.4 Å². The van der Waals surface area contributed by atoms with E-state index in [1.165, 1.54) is 22.8 Å². The van der Waals surface area contributed by atoms with Gasteiger partial charge in [-0.1, -0.05) is 11.6 Å². The van der Waals surface area contributed by atoms with Crippen molar-refractivity contribution in [1.29, 1.82) is 0 Å². The van der Waals surface area contributed by atoms with Crippen LogP contribution in [0.1, 0.15) is 36.5 Å². The molecule has 1 aromatic heterocycles. The van der Waals surface area contributed by atoms with E-state index in [9.17, 15) is 18.8 Å². The number of nitrogens with one attached hydrogen (secondary N) is 2. The quantitative estimate of drug-likeness (QED) is 0.701. The number of aromatic nitrogens is 1. The van der Waals surface area contributed by atoms with Gasteiger partial charge in [0.1, 0.15) is 11.6 Å². The molecule has 0 radical (unpaired) electrons. The van der Waals surface area contributed by atoms with E-state index in [-0.39, 0.29) is 45.8 Å². The van der Waals surface area contributed by atoms with Crippen molar-refractivity contribution in [2.45, 2.75) is 43.8 Å². The van der Waals surface area contributed by atoms with Crippen molar-refractivity contribution in [2.75, 3.05) is 6.61 Å². The van der Waals surface area contributed by atoms with Gasteiger partial charge < -0.3 is 19.9 Å². The molecule has 2 aromatic rings. The van der Waals surface area contributed by atoms with E-state index in [1.54, 1.807) is 12.3 Å². The molecule has 0 aliphatic heterocycles. The first-order chi connectivity index (χ1) is 14.2. The Hall–Kier alpha value is -2.87. The topological polar surface area (TPSA) is 89.4 Å². The average molecular weight is 434 g/mol. The van der Waals surface area contributed by atoms with Crippen LogP contribution in [0, 0.1) is 5.82 Å².